The van der Waals surface area contributed by atoms with Crippen molar-refractivity contribution in [1.82, 2.24) is 4.90 Å². The van der Waals surface area contributed by atoms with Crippen molar-refractivity contribution in [2.24, 2.45) is 0 Å². The van der Waals surface area contributed by atoms with E-state index >= 15 is 0 Å². The van der Waals surface area contributed by atoms with E-state index in [4.69, 9.17) is 5.73 Å². The molecule has 0 fully saturated rings. The van der Waals surface area contributed by atoms with Crippen LogP contribution in [0.4, 0.5) is 10.1 Å². The molecular weight excluding hydrogens is 339 g/mol. The Morgan fingerprint density at radius 1 is 1.05 bits per heavy atom. The predicted octanol–water partition coefficient (Wildman–Crippen LogP) is 2.97. The fourth-order valence-electron chi connectivity index (χ4n) is 2.27. The minimum atomic E-state index is -0.390. The number of nitrogen functional groups attached to an aromatic ring is 1. The van der Waals surface area contributed by atoms with Crippen molar-refractivity contribution >= 4 is 33.4 Å². The molecule has 2 N–H and O–H groups in total. The number of rotatable bonds is 2. The second-order valence-corrected chi connectivity index (χ2v) is 5.59. The van der Waals surface area contributed by atoms with Crippen LogP contribution in [0.25, 0.3) is 0 Å². The molecule has 0 spiro atoms. The number of anilines is 1. The highest BCUT2D eigenvalue weighted by atomic mass is 79.9. The van der Waals surface area contributed by atoms with Gasteiger partial charge in [-0.15, -0.1) is 0 Å². The number of imide groups is 1. The maximum absolute atomic E-state index is 13.1. The quantitative estimate of drug-likeness (QED) is 0.670. The number of nitrogens with zero attached hydrogens (tertiary/aromatic N) is 1. The van der Waals surface area contributed by atoms with Crippen LogP contribution in [0.2, 0.25) is 0 Å². The Bertz CT molecular complexity index is 776. The Labute approximate surface area is 128 Å². The summed E-state index contributed by atoms with van der Waals surface area (Å²) >= 11 is 3.23. The summed E-state index contributed by atoms with van der Waals surface area (Å²) in [7, 11) is 0. The minimum absolute atomic E-state index is 0.0765. The molecule has 2 aromatic rings. The Morgan fingerprint density at radius 3 is 2.48 bits per heavy atom. The number of hydrogen-bond donors (Lipinski definition) is 1. The lowest BCUT2D eigenvalue weighted by atomic mass is 10.1. The lowest BCUT2D eigenvalue weighted by Gasteiger charge is -2.15. The van der Waals surface area contributed by atoms with Gasteiger partial charge in [-0.1, -0.05) is 22.0 Å². The van der Waals surface area contributed by atoms with Gasteiger partial charge in [-0.25, -0.2) is 4.39 Å². The van der Waals surface area contributed by atoms with E-state index in [1.54, 1.807) is 12.1 Å². The van der Waals surface area contributed by atoms with Gasteiger partial charge in [0, 0.05) is 10.2 Å². The van der Waals surface area contributed by atoms with Crippen LogP contribution in [0.15, 0.2) is 40.9 Å². The van der Waals surface area contributed by atoms with Crippen molar-refractivity contribution in [1.29, 1.82) is 0 Å². The third-order valence-electron chi connectivity index (χ3n) is 3.34. The molecular formula is C15H10BrFN2O2. The third-order valence-corrected chi connectivity index (χ3v) is 4.08. The third kappa shape index (κ3) is 2.31. The van der Waals surface area contributed by atoms with Gasteiger partial charge in [0.05, 0.1) is 17.7 Å². The normalized spacial score (nSPS) is 13.7. The Kier molecular flexibility index (Phi) is 3.25. The summed E-state index contributed by atoms with van der Waals surface area (Å²) in [4.78, 5) is 25.7. The van der Waals surface area contributed by atoms with Gasteiger partial charge in [0.1, 0.15) is 5.82 Å². The molecule has 0 atom stereocenters. The first-order valence-corrected chi connectivity index (χ1v) is 6.96. The molecule has 0 aliphatic carbocycles. The summed E-state index contributed by atoms with van der Waals surface area (Å²) in [6, 6.07) is 8.75. The predicted molar refractivity (Wildman–Crippen MR) is 79.2 cm³/mol. The molecule has 21 heavy (non-hydrogen) atoms. The Morgan fingerprint density at radius 2 is 1.76 bits per heavy atom. The fraction of sp³-hybridized carbons (Fsp3) is 0.0667. The van der Waals surface area contributed by atoms with Crippen molar-refractivity contribution < 1.29 is 14.0 Å². The summed E-state index contributed by atoms with van der Waals surface area (Å²) in [5.74, 6) is -1.15. The number of nitrogens with two attached hydrogens (primary N) is 1. The van der Waals surface area contributed by atoms with Crippen LogP contribution < -0.4 is 5.73 Å². The molecule has 0 aromatic heterocycles. The minimum Gasteiger partial charge on any atom is -0.399 e. The number of carbonyl (C=O) groups is 2. The maximum Gasteiger partial charge on any atom is 0.261 e. The van der Waals surface area contributed by atoms with Crippen LogP contribution in [0, 0.1) is 5.82 Å². The molecule has 6 heteroatoms. The van der Waals surface area contributed by atoms with Gasteiger partial charge in [-0.05, 0) is 35.9 Å². The largest absolute Gasteiger partial charge is 0.399 e. The van der Waals surface area contributed by atoms with E-state index in [9.17, 15) is 14.0 Å². The molecule has 0 radical (unpaired) electrons. The smallest absolute Gasteiger partial charge is 0.261 e. The average molecular weight is 349 g/mol. The van der Waals surface area contributed by atoms with Crippen molar-refractivity contribution in [3.05, 3.63) is 63.4 Å². The number of fused-ring (bicyclic) bond motifs is 1. The van der Waals surface area contributed by atoms with Crippen LogP contribution in [0.5, 0.6) is 0 Å². The molecule has 1 aliphatic rings. The van der Waals surface area contributed by atoms with Crippen molar-refractivity contribution in [3.63, 3.8) is 0 Å². The standard InChI is InChI=1S/C15H10BrFN2O2/c16-13-5-9(17)2-1-8(13)7-19-14(20)11-4-3-10(18)6-12(11)15(19)21/h1-6H,7,18H2. The van der Waals surface area contributed by atoms with Gasteiger partial charge in [-0.3, -0.25) is 14.5 Å². The molecule has 0 unspecified atom stereocenters. The molecule has 0 saturated heterocycles. The van der Waals surface area contributed by atoms with Gasteiger partial charge in [0.25, 0.3) is 11.8 Å². The van der Waals surface area contributed by atoms with Crippen molar-refractivity contribution in [2.75, 3.05) is 5.73 Å². The molecule has 4 nitrogen and oxygen atoms in total. The van der Waals surface area contributed by atoms with E-state index in [0.29, 0.717) is 26.9 Å². The van der Waals surface area contributed by atoms with Crippen LogP contribution in [0.1, 0.15) is 26.3 Å². The number of hydrogen-bond acceptors (Lipinski definition) is 3. The first-order chi connectivity index (χ1) is 9.97. The van der Waals surface area contributed by atoms with E-state index in [0.717, 1.165) is 4.90 Å². The highest BCUT2D eigenvalue weighted by Crippen LogP contribution is 2.28. The molecule has 0 saturated carbocycles. The monoisotopic (exact) mass is 348 g/mol. The van der Waals surface area contributed by atoms with Crippen molar-refractivity contribution in [2.45, 2.75) is 6.54 Å². The number of carbonyl (C=O) groups excluding carboxylic acids is 2. The Hall–Kier alpha value is -2.21. The van der Waals surface area contributed by atoms with E-state index < -0.39 is 5.91 Å². The second-order valence-electron chi connectivity index (χ2n) is 4.74. The summed E-state index contributed by atoms with van der Waals surface area (Å²) in [6.07, 6.45) is 0. The molecule has 3 rings (SSSR count). The summed E-state index contributed by atoms with van der Waals surface area (Å²) in [5, 5.41) is 0. The molecule has 106 valence electrons. The fourth-order valence-corrected chi connectivity index (χ4v) is 2.75. The number of benzene rings is 2. The summed E-state index contributed by atoms with van der Waals surface area (Å²) < 4.78 is 13.6. The first-order valence-electron chi connectivity index (χ1n) is 6.17. The Balaban J connectivity index is 1.95. The van der Waals surface area contributed by atoms with E-state index in [-0.39, 0.29) is 18.3 Å². The lowest BCUT2D eigenvalue weighted by Crippen LogP contribution is -2.29. The topological polar surface area (TPSA) is 63.4 Å². The van der Waals surface area contributed by atoms with Gasteiger partial charge < -0.3 is 5.73 Å². The molecule has 2 aromatic carbocycles. The highest BCUT2D eigenvalue weighted by molar-refractivity contribution is 9.10. The molecule has 1 heterocycles. The van der Waals surface area contributed by atoms with Crippen LogP contribution in [0.3, 0.4) is 0 Å². The lowest BCUT2D eigenvalue weighted by molar-refractivity contribution is 0.0642. The zero-order chi connectivity index (χ0) is 15.1. The van der Waals surface area contributed by atoms with Crippen LogP contribution in [-0.4, -0.2) is 16.7 Å². The van der Waals surface area contributed by atoms with Gasteiger partial charge in [0.2, 0.25) is 0 Å². The maximum atomic E-state index is 13.1. The van der Waals surface area contributed by atoms with Crippen LogP contribution >= 0.6 is 15.9 Å². The molecule has 0 bridgehead atoms. The highest BCUT2D eigenvalue weighted by Gasteiger charge is 2.35. The number of amides is 2. The second kappa shape index (κ2) is 4.96. The van der Waals surface area contributed by atoms with Crippen molar-refractivity contribution in [3.8, 4) is 0 Å². The van der Waals surface area contributed by atoms with Gasteiger partial charge in [-0.2, -0.15) is 0 Å². The van der Waals surface area contributed by atoms with E-state index in [2.05, 4.69) is 15.9 Å². The molecule has 2 amide bonds. The summed E-state index contributed by atoms with van der Waals surface area (Å²) in [6.45, 7) is 0.0765. The van der Waals surface area contributed by atoms with Gasteiger partial charge >= 0.3 is 0 Å². The van der Waals surface area contributed by atoms with E-state index in [1.165, 1.54) is 24.3 Å². The zero-order valence-corrected chi connectivity index (χ0v) is 12.4. The first kappa shape index (κ1) is 13.8. The average Bonchev–Trinajstić information content (AvgIpc) is 2.66. The summed E-state index contributed by atoms with van der Waals surface area (Å²) in [5.41, 5.74) is 7.37. The van der Waals surface area contributed by atoms with Gasteiger partial charge in [0.15, 0.2) is 0 Å². The molecule has 1 aliphatic heterocycles. The SMILES string of the molecule is Nc1ccc2c(c1)C(=O)N(Cc1ccc(F)cc1Br)C2=O. The van der Waals surface area contributed by atoms with E-state index in [1.807, 2.05) is 0 Å². The number of halogens is 2. The zero-order valence-electron chi connectivity index (χ0n) is 10.8. The van der Waals surface area contributed by atoms with Crippen LogP contribution in [-0.2, 0) is 6.54 Å².